The van der Waals surface area contributed by atoms with Crippen molar-refractivity contribution >= 4 is 11.9 Å². The van der Waals surface area contributed by atoms with Gasteiger partial charge in [-0.1, -0.05) is 56.2 Å². The van der Waals surface area contributed by atoms with Crippen molar-refractivity contribution in [3.05, 3.63) is 35.4 Å². The summed E-state index contributed by atoms with van der Waals surface area (Å²) in [5, 5.41) is 10.6. The highest BCUT2D eigenvalue weighted by atomic mass is 16.4. The average Bonchev–Trinajstić information content (AvgIpc) is 2.47. The largest absolute Gasteiger partial charge is 0.480 e. The molecule has 0 bridgehead atoms. The SMILES string of the molecule is C1CCCCC1.Cc1cccc(C(=O)NCC(=O)O)c1. The zero-order chi connectivity index (χ0) is 14.8. The van der Waals surface area contributed by atoms with Gasteiger partial charge in [0.05, 0.1) is 0 Å². The van der Waals surface area contributed by atoms with Crippen molar-refractivity contribution in [1.82, 2.24) is 5.32 Å². The Morgan fingerprint density at radius 3 is 2.10 bits per heavy atom. The molecular weight excluding hydrogens is 254 g/mol. The standard InChI is InChI=1S/C10H11NO3.C6H12/c1-7-3-2-4-8(5-7)10(14)11-6-9(12)13;1-2-4-6-5-3-1/h2-5H,6H2,1H3,(H,11,14)(H,12,13);1-6H2. The summed E-state index contributed by atoms with van der Waals surface area (Å²) in [6.45, 7) is 1.51. The van der Waals surface area contributed by atoms with E-state index in [9.17, 15) is 9.59 Å². The third kappa shape index (κ3) is 6.92. The molecule has 1 aliphatic carbocycles. The van der Waals surface area contributed by atoms with Crippen LogP contribution in [0, 0.1) is 6.92 Å². The van der Waals surface area contributed by atoms with Crippen LogP contribution < -0.4 is 5.32 Å². The summed E-state index contributed by atoms with van der Waals surface area (Å²) in [6, 6.07) is 6.97. The Bertz CT molecular complexity index is 428. The quantitative estimate of drug-likeness (QED) is 0.892. The maximum Gasteiger partial charge on any atom is 0.322 e. The summed E-state index contributed by atoms with van der Waals surface area (Å²) in [5.74, 6) is -1.41. The molecule has 110 valence electrons. The minimum Gasteiger partial charge on any atom is -0.480 e. The molecule has 0 spiro atoms. The molecule has 2 N–H and O–H groups in total. The van der Waals surface area contributed by atoms with E-state index in [-0.39, 0.29) is 12.5 Å². The first-order chi connectivity index (χ1) is 9.59. The zero-order valence-electron chi connectivity index (χ0n) is 12.0. The number of carbonyl (C=O) groups is 2. The lowest BCUT2D eigenvalue weighted by Gasteiger charge is -2.05. The van der Waals surface area contributed by atoms with Gasteiger partial charge in [0.2, 0.25) is 0 Å². The lowest BCUT2D eigenvalue weighted by Crippen LogP contribution is -2.29. The van der Waals surface area contributed by atoms with E-state index in [1.54, 1.807) is 18.2 Å². The maximum atomic E-state index is 11.3. The number of rotatable bonds is 3. The fourth-order valence-electron chi connectivity index (χ4n) is 2.10. The Balaban J connectivity index is 0.000000276. The lowest BCUT2D eigenvalue weighted by atomic mass is 10.0. The number of aliphatic carboxylic acids is 1. The maximum absolute atomic E-state index is 11.3. The van der Waals surface area contributed by atoms with Gasteiger partial charge in [0.25, 0.3) is 5.91 Å². The monoisotopic (exact) mass is 277 g/mol. The Kier molecular flexibility index (Phi) is 7.40. The van der Waals surface area contributed by atoms with E-state index in [4.69, 9.17) is 5.11 Å². The van der Waals surface area contributed by atoms with Crippen LogP contribution in [0.1, 0.15) is 54.4 Å². The van der Waals surface area contributed by atoms with Gasteiger partial charge < -0.3 is 10.4 Å². The number of hydrogen-bond acceptors (Lipinski definition) is 2. The van der Waals surface area contributed by atoms with E-state index in [0.29, 0.717) is 5.56 Å². The van der Waals surface area contributed by atoms with Crippen molar-refractivity contribution in [1.29, 1.82) is 0 Å². The fourth-order valence-corrected chi connectivity index (χ4v) is 2.10. The number of aryl methyl sites for hydroxylation is 1. The average molecular weight is 277 g/mol. The molecule has 0 saturated heterocycles. The molecule has 0 aromatic heterocycles. The van der Waals surface area contributed by atoms with E-state index >= 15 is 0 Å². The minimum atomic E-state index is -1.05. The van der Waals surface area contributed by atoms with Gasteiger partial charge in [0.15, 0.2) is 0 Å². The van der Waals surface area contributed by atoms with Gasteiger partial charge in [0.1, 0.15) is 6.54 Å². The van der Waals surface area contributed by atoms with Gasteiger partial charge in [-0.3, -0.25) is 9.59 Å². The van der Waals surface area contributed by atoms with Gasteiger partial charge in [-0.05, 0) is 19.1 Å². The van der Waals surface area contributed by atoms with Gasteiger partial charge in [0, 0.05) is 5.56 Å². The summed E-state index contributed by atoms with van der Waals surface area (Å²) >= 11 is 0. The molecule has 0 aliphatic heterocycles. The predicted octanol–water partition coefficient (Wildman–Crippen LogP) is 3.15. The molecular formula is C16H23NO3. The van der Waals surface area contributed by atoms with E-state index in [0.717, 1.165) is 5.56 Å². The first-order valence-corrected chi connectivity index (χ1v) is 7.16. The lowest BCUT2D eigenvalue weighted by molar-refractivity contribution is -0.135. The Morgan fingerprint density at radius 1 is 1.10 bits per heavy atom. The molecule has 0 unspecified atom stereocenters. The third-order valence-corrected chi connectivity index (χ3v) is 3.18. The first-order valence-electron chi connectivity index (χ1n) is 7.16. The van der Waals surface area contributed by atoms with Crippen LogP contribution in [0.3, 0.4) is 0 Å². The van der Waals surface area contributed by atoms with Crippen LogP contribution in [-0.2, 0) is 4.79 Å². The third-order valence-electron chi connectivity index (χ3n) is 3.18. The fraction of sp³-hybridized carbons (Fsp3) is 0.500. The molecule has 4 heteroatoms. The first kappa shape index (κ1) is 16.2. The molecule has 1 aromatic rings. The number of carboxylic acids is 1. The van der Waals surface area contributed by atoms with Crippen LogP contribution in [0.5, 0.6) is 0 Å². The van der Waals surface area contributed by atoms with Crippen molar-refractivity contribution in [3.63, 3.8) is 0 Å². The Hall–Kier alpha value is -1.84. The number of benzene rings is 1. The summed E-state index contributed by atoms with van der Waals surface area (Å²) < 4.78 is 0. The molecule has 1 aliphatic rings. The molecule has 0 atom stereocenters. The summed E-state index contributed by atoms with van der Waals surface area (Å²) in [7, 11) is 0. The van der Waals surface area contributed by atoms with Crippen LogP contribution in [0.15, 0.2) is 24.3 Å². The number of carbonyl (C=O) groups excluding carboxylic acids is 1. The van der Waals surface area contributed by atoms with E-state index in [1.807, 2.05) is 13.0 Å². The van der Waals surface area contributed by atoms with E-state index in [1.165, 1.54) is 38.5 Å². The molecule has 1 amide bonds. The van der Waals surface area contributed by atoms with Crippen molar-refractivity contribution < 1.29 is 14.7 Å². The summed E-state index contributed by atoms with van der Waals surface area (Å²) in [6.07, 6.45) is 9.00. The van der Waals surface area contributed by atoms with Crippen LogP contribution in [-0.4, -0.2) is 23.5 Å². The number of carboxylic acid groups (broad SMARTS) is 1. The second kappa shape index (κ2) is 9.13. The normalized spacial score (nSPS) is 13.8. The highest BCUT2D eigenvalue weighted by molar-refractivity contribution is 5.95. The second-order valence-electron chi connectivity index (χ2n) is 5.07. The minimum absolute atomic E-state index is 0.354. The molecule has 1 saturated carbocycles. The Morgan fingerprint density at radius 2 is 1.65 bits per heavy atom. The molecule has 20 heavy (non-hydrogen) atoms. The summed E-state index contributed by atoms with van der Waals surface area (Å²) in [5.41, 5.74) is 1.44. The summed E-state index contributed by atoms with van der Waals surface area (Å²) in [4.78, 5) is 21.5. The predicted molar refractivity (Wildman–Crippen MR) is 78.9 cm³/mol. The molecule has 4 nitrogen and oxygen atoms in total. The molecule has 1 fully saturated rings. The number of amides is 1. The van der Waals surface area contributed by atoms with Gasteiger partial charge in [-0.25, -0.2) is 0 Å². The molecule has 0 radical (unpaired) electrons. The smallest absolute Gasteiger partial charge is 0.322 e. The number of nitrogens with one attached hydrogen (secondary N) is 1. The van der Waals surface area contributed by atoms with Crippen LogP contribution in [0.2, 0.25) is 0 Å². The van der Waals surface area contributed by atoms with Gasteiger partial charge in [-0.15, -0.1) is 0 Å². The van der Waals surface area contributed by atoms with Gasteiger partial charge >= 0.3 is 5.97 Å². The molecule has 0 heterocycles. The number of hydrogen-bond donors (Lipinski definition) is 2. The molecule has 1 aromatic carbocycles. The topological polar surface area (TPSA) is 66.4 Å². The van der Waals surface area contributed by atoms with Crippen molar-refractivity contribution in [2.45, 2.75) is 45.4 Å². The van der Waals surface area contributed by atoms with E-state index in [2.05, 4.69) is 5.32 Å². The second-order valence-corrected chi connectivity index (χ2v) is 5.07. The van der Waals surface area contributed by atoms with Crippen LogP contribution in [0.4, 0.5) is 0 Å². The Labute approximate surface area is 120 Å². The van der Waals surface area contributed by atoms with Crippen LogP contribution in [0.25, 0.3) is 0 Å². The van der Waals surface area contributed by atoms with Gasteiger partial charge in [-0.2, -0.15) is 0 Å². The van der Waals surface area contributed by atoms with Crippen molar-refractivity contribution in [2.75, 3.05) is 6.54 Å². The zero-order valence-corrected chi connectivity index (χ0v) is 12.0. The highest BCUT2D eigenvalue weighted by Crippen LogP contribution is 2.15. The molecule has 2 rings (SSSR count). The van der Waals surface area contributed by atoms with Crippen LogP contribution >= 0.6 is 0 Å². The van der Waals surface area contributed by atoms with Crippen molar-refractivity contribution in [3.8, 4) is 0 Å². The highest BCUT2D eigenvalue weighted by Gasteiger charge is 2.06. The van der Waals surface area contributed by atoms with E-state index < -0.39 is 5.97 Å². The van der Waals surface area contributed by atoms with Crippen molar-refractivity contribution in [2.24, 2.45) is 0 Å².